The molecule has 0 aliphatic rings. The van der Waals surface area contributed by atoms with Crippen LogP contribution in [0.4, 0.5) is 10.1 Å². The van der Waals surface area contributed by atoms with Crippen LogP contribution in [0.15, 0.2) is 12.3 Å². The first-order valence-corrected chi connectivity index (χ1v) is 6.95. The zero-order valence-corrected chi connectivity index (χ0v) is 11.2. The van der Waals surface area contributed by atoms with Crippen molar-refractivity contribution in [1.82, 2.24) is 9.29 Å². The lowest BCUT2D eigenvalue weighted by molar-refractivity contribution is -0.116. The van der Waals surface area contributed by atoms with E-state index in [0.717, 1.165) is 10.6 Å². The number of nitrogens with zero attached hydrogens (tertiary/aromatic N) is 2. The summed E-state index contributed by atoms with van der Waals surface area (Å²) in [5.41, 5.74) is -0.151. The third kappa shape index (κ3) is 3.90. The van der Waals surface area contributed by atoms with E-state index in [2.05, 4.69) is 10.3 Å². The van der Waals surface area contributed by atoms with Crippen molar-refractivity contribution in [2.24, 2.45) is 0 Å². The Bertz CT molecular complexity index is 564. The molecule has 0 aliphatic heterocycles. The zero-order valence-electron chi connectivity index (χ0n) is 9.65. The van der Waals surface area contributed by atoms with Crippen molar-refractivity contribution in [2.75, 3.05) is 25.2 Å². The van der Waals surface area contributed by atoms with Crippen molar-refractivity contribution >= 4 is 33.2 Å². The van der Waals surface area contributed by atoms with E-state index < -0.39 is 28.3 Å². The molecule has 1 aromatic rings. The molecule has 1 heterocycles. The maximum absolute atomic E-state index is 13.4. The topological polar surface area (TPSA) is 79.4 Å². The number of anilines is 1. The van der Waals surface area contributed by atoms with Crippen LogP contribution in [-0.2, 0) is 14.8 Å². The minimum atomic E-state index is -3.47. The van der Waals surface area contributed by atoms with Gasteiger partial charge in [-0.2, -0.15) is 4.31 Å². The summed E-state index contributed by atoms with van der Waals surface area (Å²) in [6.45, 7) is -0.418. The smallest absolute Gasteiger partial charge is 0.239 e. The molecule has 0 fully saturated rings. The quantitative estimate of drug-likeness (QED) is 0.830. The second-order valence-corrected chi connectivity index (χ2v) is 5.98. The Morgan fingerprint density at radius 3 is 2.78 bits per heavy atom. The normalized spacial score (nSPS) is 11.6. The Hall–Kier alpha value is -1.25. The van der Waals surface area contributed by atoms with Crippen molar-refractivity contribution in [3.63, 3.8) is 0 Å². The Balaban J connectivity index is 2.74. The van der Waals surface area contributed by atoms with Gasteiger partial charge in [0.25, 0.3) is 0 Å². The molecule has 6 nitrogen and oxygen atoms in total. The summed E-state index contributed by atoms with van der Waals surface area (Å²) in [5, 5.41) is 1.84. The maximum Gasteiger partial charge on any atom is 0.239 e. The Labute approximate surface area is 109 Å². The third-order valence-corrected chi connectivity index (χ3v) is 3.58. The molecular formula is C9H11ClFN3O3S. The third-order valence-electron chi connectivity index (χ3n) is 2.05. The second kappa shape index (κ2) is 5.59. The summed E-state index contributed by atoms with van der Waals surface area (Å²) >= 11 is 5.43. The lowest BCUT2D eigenvalue weighted by atomic mass is 10.4. The van der Waals surface area contributed by atoms with Crippen LogP contribution < -0.4 is 5.32 Å². The highest BCUT2D eigenvalue weighted by Crippen LogP contribution is 2.19. The van der Waals surface area contributed by atoms with Crippen molar-refractivity contribution in [3.05, 3.63) is 23.2 Å². The largest absolute Gasteiger partial charge is 0.322 e. The molecule has 0 bridgehead atoms. The van der Waals surface area contributed by atoms with Gasteiger partial charge in [-0.1, -0.05) is 11.6 Å². The van der Waals surface area contributed by atoms with Crippen LogP contribution in [0.1, 0.15) is 0 Å². The number of sulfonamides is 1. The molecule has 0 unspecified atom stereocenters. The second-order valence-electron chi connectivity index (χ2n) is 3.53. The first kappa shape index (κ1) is 14.8. The number of carbonyl (C=O) groups is 1. The number of nitrogens with one attached hydrogen (secondary N) is 1. The highest BCUT2D eigenvalue weighted by molar-refractivity contribution is 7.88. The van der Waals surface area contributed by atoms with Crippen molar-refractivity contribution in [3.8, 4) is 0 Å². The molecule has 0 saturated carbocycles. The molecule has 9 heteroatoms. The van der Waals surface area contributed by atoms with E-state index in [4.69, 9.17) is 11.6 Å². The summed E-state index contributed by atoms with van der Waals surface area (Å²) in [5.74, 6) is -1.54. The molecule has 0 saturated heterocycles. The molecule has 0 aromatic carbocycles. The lowest BCUT2D eigenvalue weighted by Crippen LogP contribution is -2.34. The Morgan fingerprint density at radius 2 is 2.22 bits per heavy atom. The number of aromatic nitrogens is 1. The highest BCUT2D eigenvalue weighted by Gasteiger charge is 2.16. The van der Waals surface area contributed by atoms with Gasteiger partial charge in [0.05, 0.1) is 18.5 Å². The van der Waals surface area contributed by atoms with Gasteiger partial charge in [-0.05, 0) is 6.07 Å². The van der Waals surface area contributed by atoms with Crippen LogP contribution in [0.5, 0.6) is 0 Å². The van der Waals surface area contributed by atoms with Crippen molar-refractivity contribution < 1.29 is 17.6 Å². The van der Waals surface area contributed by atoms with Gasteiger partial charge >= 0.3 is 0 Å². The fourth-order valence-electron chi connectivity index (χ4n) is 1.02. The van der Waals surface area contributed by atoms with E-state index in [-0.39, 0.29) is 10.8 Å². The minimum absolute atomic E-state index is 0.151. The van der Waals surface area contributed by atoms with E-state index in [0.29, 0.717) is 0 Å². The summed E-state index contributed by atoms with van der Waals surface area (Å²) in [6.07, 6.45) is 2.19. The summed E-state index contributed by atoms with van der Waals surface area (Å²) < 4.78 is 36.4. The van der Waals surface area contributed by atoms with Crippen LogP contribution in [0.25, 0.3) is 0 Å². The number of hydrogen-bond donors (Lipinski definition) is 1. The van der Waals surface area contributed by atoms with E-state index in [9.17, 15) is 17.6 Å². The van der Waals surface area contributed by atoms with Crippen LogP contribution >= 0.6 is 11.6 Å². The molecule has 1 rings (SSSR count). The number of carbonyl (C=O) groups excluding carboxylic acids is 1. The van der Waals surface area contributed by atoms with Crippen LogP contribution in [-0.4, -0.2) is 43.5 Å². The molecule has 1 N–H and O–H groups in total. The van der Waals surface area contributed by atoms with Gasteiger partial charge in [0.15, 0.2) is 11.0 Å². The molecule has 0 radical (unpaired) electrons. The SMILES string of the molecule is CN(CC(=O)Nc1ccnc(Cl)c1F)S(C)(=O)=O. The van der Waals surface area contributed by atoms with Gasteiger partial charge in [0.1, 0.15) is 0 Å². The van der Waals surface area contributed by atoms with Crippen molar-refractivity contribution in [1.29, 1.82) is 0 Å². The minimum Gasteiger partial charge on any atom is -0.322 e. The average Bonchev–Trinajstić information content (AvgIpc) is 2.23. The first-order valence-electron chi connectivity index (χ1n) is 4.73. The van der Waals surface area contributed by atoms with E-state index >= 15 is 0 Å². The van der Waals surface area contributed by atoms with Crippen LogP contribution in [0.3, 0.4) is 0 Å². The predicted octanol–water partition coefficient (Wildman–Crippen LogP) is 0.704. The fraction of sp³-hybridized carbons (Fsp3) is 0.333. The first-order chi connectivity index (χ1) is 8.21. The van der Waals surface area contributed by atoms with E-state index in [1.54, 1.807) is 0 Å². The highest BCUT2D eigenvalue weighted by atomic mass is 35.5. The average molecular weight is 296 g/mol. The Kier molecular flexibility index (Phi) is 4.60. The fourth-order valence-corrected chi connectivity index (χ4v) is 1.53. The van der Waals surface area contributed by atoms with Crippen molar-refractivity contribution in [2.45, 2.75) is 0 Å². The Morgan fingerprint density at radius 1 is 1.61 bits per heavy atom. The molecule has 18 heavy (non-hydrogen) atoms. The summed E-state index contributed by atoms with van der Waals surface area (Å²) in [4.78, 5) is 15.0. The lowest BCUT2D eigenvalue weighted by Gasteiger charge is -2.13. The van der Waals surface area contributed by atoms with Crippen LogP contribution in [0, 0.1) is 5.82 Å². The number of likely N-dealkylation sites (N-methyl/N-ethyl adjacent to an activating group) is 1. The van der Waals surface area contributed by atoms with E-state index in [1.165, 1.54) is 19.3 Å². The molecule has 0 atom stereocenters. The molecule has 0 aliphatic carbocycles. The summed E-state index contributed by atoms with van der Waals surface area (Å²) in [7, 11) is -2.23. The van der Waals surface area contributed by atoms with Gasteiger partial charge in [-0.25, -0.2) is 17.8 Å². The standard InChI is InChI=1S/C9H11ClFN3O3S/c1-14(18(2,16)17)5-7(15)13-6-3-4-12-9(10)8(6)11/h3-4H,5H2,1-2H3,(H,12,13,15). The van der Waals surface area contributed by atoms with Gasteiger partial charge in [-0.3, -0.25) is 4.79 Å². The monoisotopic (exact) mass is 295 g/mol. The van der Waals surface area contributed by atoms with Crippen LogP contribution in [0.2, 0.25) is 5.15 Å². The molecule has 0 spiro atoms. The zero-order chi connectivity index (χ0) is 13.9. The van der Waals surface area contributed by atoms with Gasteiger partial charge in [0.2, 0.25) is 15.9 Å². The predicted molar refractivity (Wildman–Crippen MR) is 65.3 cm³/mol. The number of amides is 1. The van der Waals surface area contributed by atoms with Gasteiger partial charge < -0.3 is 5.32 Å². The molecular weight excluding hydrogens is 285 g/mol. The number of hydrogen-bond acceptors (Lipinski definition) is 4. The van der Waals surface area contributed by atoms with E-state index in [1.807, 2.05) is 0 Å². The van der Waals surface area contributed by atoms with Gasteiger partial charge in [0, 0.05) is 13.2 Å². The van der Waals surface area contributed by atoms with Gasteiger partial charge in [-0.15, -0.1) is 0 Å². The number of pyridine rings is 1. The summed E-state index contributed by atoms with van der Waals surface area (Å²) in [6, 6.07) is 1.22. The number of rotatable bonds is 4. The number of halogens is 2. The molecule has 1 amide bonds. The maximum atomic E-state index is 13.4. The molecule has 100 valence electrons. The molecule has 1 aromatic heterocycles.